The number of nitrogens with zero attached hydrogens (tertiary/aromatic N) is 6. The zero-order chi connectivity index (χ0) is 26.9. The summed E-state index contributed by atoms with van der Waals surface area (Å²) in [6.45, 7) is 4.82. The zero-order valence-electron chi connectivity index (χ0n) is 21.7. The van der Waals surface area contributed by atoms with Crippen molar-refractivity contribution in [2.75, 3.05) is 32.7 Å². The van der Waals surface area contributed by atoms with Crippen molar-refractivity contribution >= 4 is 29.4 Å². The van der Waals surface area contributed by atoms with Crippen LogP contribution in [0.25, 0.3) is 17.2 Å². The van der Waals surface area contributed by atoms with Crippen molar-refractivity contribution in [2.45, 2.75) is 39.0 Å². The first-order chi connectivity index (χ1) is 18.5. The topological polar surface area (TPSA) is 133 Å². The predicted octanol–water partition coefficient (Wildman–Crippen LogP) is 5.13. The van der Waals surface area contributed by atoms with E-state index in [1.807, 2.05) is 60.4 Å². The maximum Gasteiger partial charge on any atom is 0.253 e. The van der Waals surface area contributed by atoms with Crippen LogP contribution in [0, 0.1) is 4.91 Å². The molecule has 1 fully saturated rings. The number of hydrogen-bond acceptors (Lipinski definition) is 7. The molecule has 0 atom stereocenters. The Labute approximate surface area is 222 Å². The summed E-state index contributed by atoms with van der Waals surface area (Å²) in [5, 5.41) is 10.3. The minimum absolute atomic E-state index is 0.0687. The van der Waals surface area contributed by atoms with E-state index in [1.54, 1.807) is 4.90 Å². The van der Waals surface area contributed by atoms with Gasteiger partial charge in [0.15, 0.2) is 5.84 Å². The number of nitroso groups, excluding NO2 is 1. The van der Waals surface area contributed by atoms with Crippen molar-refractivity contribution in [1.29, 1.82) is 0 Å². The normalized spacial score (nSPS) is 15.0. The number of likely N-dealkylation sites (tertiary alicyclic amines) is 1. The molecule has 1 saturated heterocycles. The summed E-state index contributed by atoms with van der Waals surface area (Å²) in [5.74, 6) is 5.61. The first kappa shape index (κ1) is 26.8. The minimum Gasteiger partial charge on any atom is -0.339 e. The van der Waals surface area contributed by atoms with Crippen molar-refractivity contribution in [3.05, 3.63) is 64.1 Å². The van der Waals surface area contributed by atoms with Crippen LogP contribution in [0.5, 0.6) is 0 Å². The van der Waals surface area contributed by atoms with Gasteiger partial charge in [0.05, 0.1) is 12.2 Å². The third-order valence-electron chi connectivity index (χ3n) is 6.72. The van der Waals surface area contributed by atoms with Gasteiger partial charge >= 0.3 is 0 Å². The van der Waals surface area contributed by atoms with Crippen LogP contribution in [0.15, 0.2) is 68.5 Å². The Hall–Kier alpha value is -4.21. The first-order valence-corrected chi connectivity index (χ1v) is 13.0. The van der Waals surface area contributed by atoms with E-state index < -0.39 is 0 Å². The number of hydrogen-bond donors (Lipinski definition) is 1. The number of aliphatic imine (C=N–C) groups is 1. The molecule has 0 radical (unpaired) electrons. The Balaban J connectivity index is 1.61. The van der Waals surface area contributed by atoms with Gasteiger partial charge in [-0.1, -0.05) is 41.6 Å². The van der Waals surface area contributed by atoms with Gasteiger partial charge in [0, 0.05) is 49.3 Å². The van der Waals surface area contributed by atoms with E-state index in [0.717, 1.165) is 49.0 Å². The molecule has 0 bridgehead atoms. The summed E-state index contributed by atoms with van der Waals surface area (Å²) in [6, 6.07) is 13.4. The number of amides is 2. The van der Waals surface area contributed by atoms with Crippen LogP contribution in [0.1, 0.15) is 54.9 Å². The largest absolute Gasteiger partial charge is 0.339 e. The highest BCUT2D eigenvalue weighted by Gasteiger charge is 2.23. The fourth-order valence-corrected chi connectivity index (χ4v) is 4.81. The third-order valence-corrected chi connectivity index (χ3v) is 6.72. The number of amidine groups is 1. The van der Waals surface area contributed by atoms with Crippen LogP contribution >= 0.6 is 0 Å². The number of rotatable bonds is 9. The summed E-state index contributed by atoms with van der Waals surface area (Å²) in [5.41, 5.74) is 4.52. The van der Waals surface area contributed by atoms with Crippen molar-refractivity contribution in [2.24, 2.45) is 26.3 Å². The molecule has 0 spiro atoms. The number of fused-ring (bicyclic) bond motifs is 1. The standard InChI is InChI=1S/C28H33N7O3/c1-2-13-34(16-5-12-30-38)28(37)24-17-23-11-10-22(18-25(23)31-26(19-24)32-33-29)20-6-8-21(9-7-20)27(36)35-14-3-4-15-35/h6-11,17-18H,2-5,12-16,19H2,1H3,(H2,29,31,32). The summed E-state index contributed by atoms with van der Waals surface area (Å²) < 4.78 is 0. The fourth-order valence-electron chi connectivity index (χ4n) is 4.81. The van der Waals surface area contributed by atoms with E-state index in [1.165, 1.54) is 0 Å². The molecule has 2 aromatic rings. The van der Waals surface area contributed by atoms with Gasteiger partial charge in [-0.25, -0.2) is 4.99 Å². The lowest BCUT2D eigenvalue weighted by atomic mass is 9.99. The van der Waals surface area contributed by atoms with E-state index in [-0.39, 0.29) is 24.8 Å². The molecule has 4 rings (SSSR count). The molecule has 0 aromatic heterocycles. The molecule has 2 aliphatic heterocycles. The van der Waals surface area contributed by atoms with Crippen molar-refractivity contribution < 1.29 is 9.59 Å². The number of benzene rings is 2. The van der Waals surface area contributed by atoms with E-state index in [9.17, 15) is 14.5 Å². The van der Waals surface area contributed by atoms with Crippen LogP contribution in [0.2, 0.25) is 0 Å². The van der Waals surface area contributed by atoms with Crippen molar-refractivity contribution in [1.82, 2.24) is 9.80 Å². The molecule has 198 valence electrons. The molecule has 2 aromatic carbocycles. The highest BCUT2D eigenvalue weighted by atomic mass is 16.3. The van der Waals surface area contributed by atoms with Gasteiger partial charge in [0.25, 0.3) is 5.91 Å². The monoisotopic (exact) mass is 515 g/mol. The molecule has 10 nitrogen and oxygen atoms in total. The molecule has 0 saturated carbocycles. The van der Waals surface area contributed by atoms with Crippen LogP contribution in [0.4, 0.5) is 5.69 Å². The number of nitrogens with two attached hydrogens (primary N) is 1. The van der Waals surface area contributed by atoms with E-state index >= 15 is 0 Å². The lowest BCUT2D eigenvalue weighted by Gasteiger charge is -2.23. The first-order valence-electron chi connectivity index (χ1n) is 13.0. The third kappa shape index (κ3) is 6.37. The Morgan fingerprint density at radius 2 is 1.79 bits per heavy atom. The minimum atomic E-state index is -0.132. The molecule has 2 aliphatic rings. The Morgan fingerprint density at radius 3 is 2.47 bits per heavy atom. The van der Waals surface area contributed by atoms with Gasteiger partial charge in [-0.15, -0.1) is 5.11 Å². The Kier molecular flexibility index (Phi) is 9.07. The second-order valence-corrected chi connectivity index (χ2v) is 9.44. The summed E-state index contributed by atoms with van der Waals surface area (Å²) in [6.07, 6.45) is 5.43. The maximum atomic E-state index is 13.4. The van der Waals surface area contributed by atoms with Gasteiger partial charge in [-0.2, -0.15) is 4.91 Å². The second-order valence-electron chi connectivity index (χ2n) is 9.44. The maximum absolute atomic E-state index is 13.4. The molecule has 0 aliphatic carbocycles. The highest BCUT2D eigenvalue weighted by molar-refractivity contribution is 6.06. The smallest absolute Gasteiger partial charge is 0.253 e. The van der Waals surface area contributed by atoms with Crippen LogP contribution in [-0.4, -0.2) is 60.2 Å². The van der Waals surface area contributed by atoms with Gasteiger partial charge in [0.2, 0.25) is 5.91 Å². The van der Waals surface area contributed by atoms with E-state index in [4.69, 9.17) is 5.84 Å². The van der Waals surface area contributed by atoms with E-state index in [2.05, 4.69) is 20.5 Å². The molecular formula is C28H33N7O3. The molecular weight excluding hydrogens is 482 g/mol. The summed E-state index contributed by atoms with van der Waals surface area (Å²) >= 11 is 0. The molecule has 10 heteroatoms. The second kappa shape index (κ2) is 12.8. The number of carbonyl (C=O) groups is 2. The Bertz CT molecular complexity index is 1260. The lowest BCUT2D eigenvalue weighted by molar-refractivity contribution is -0.127. The molecule has 2 amide bonds. The van der Waals surface area contributed by atoms with Gasteiger partial charge in [0.1, 0.15) is 0 Å². The quantitative estimate of drug-likeness (QED) is 0.163. The van der Waals surface area contributed by atoms with E-state index in [0.29, 0.717) is 42.2 Å². The van der Waals surface area contributed by atoms with Crippen LogP contribution in [0.3, 0.4) is 0 Å². The summed E-state index contributed by atoms with van der Waals surface area (Å²) in [4.78, 5) is 44.9. The lowest BCUT2D eigenvalue weighted by Crippen LogP contribution is -2.34. The molecule has 38 heavy (non-hydrogen) atoms. The molecule has 2 heterocycles. The van der Waals surface area contributed by atoms with Gasteiger partial charge in [-0.05, 0) is 61.1 Å². The highest BCUT2D eigenvalue weighted by Crippen LogP contribution is 2.33. The average Bonchev–Trinajstić information content (AvgIpc) is 3.41. The van der Waals surface area contributed by atoms with Crippen LogP contribution in [-0.2, 0) is 4.79 Å². The van der Waals surface area contributed by atoms with Crippen LogP contribution < -0.4 is 5.84 Å². The summed E-state index contributed by atoms with van der Waals surface area (Å²) in [7, 11) is 0. The predicted molar refractivity (Wildman–Crippen MR) is 148 cm³/mol. The van der Waals surface area contributed by atoms with Crippen molar-refractivity contribution in [3.63, 3.8) is 0 Å². The van der Waals surface area contributed by atoms with Gasteiger partial charge < -0.3 is 15.6 Å². The zero-order valence-corrected chi connectivity index (χ0v) is 21.7. The number of carbonyl (C=O) groups excluding carboxylic acids is 2. The van der Waals surface area contributed by atoms with Gasteiger partial charge in [-0.3, -0.25) is 9.59 Å². The average molecular weight is 516 g/mol. The van der Waals surface area contributed by atoms with Crippen molar-refractivity contribution in [3.8, 4) is 11.1 Å². The Morgan fingerprint density at radius 1 is 1.05 bits per heavy atom. The molecule has 0 unspecified atom stereocenters. The molecule has 2 N–H and O–H groups in total. The SMILES string of the molecule is CCCN(CCCN=O)C(=O)C1=Cc2ccc(-c3ccc(C(=O)N4CCCC4)cc3)cc2N=C(N=NN)C1. The fraction of sp³-hybridized carbons (Fsp3) is 0.393.